The van der Waals surface area contributed by atoms with Gasteiger partial charge in [0.15, 0.2) is 5.78 Å². The van der Waals surface area contributed by atoms with Crippen molar-refractivity contribution < 1.29 is 9.59 Å². The van der Waals surface area contributed by atoms with Crippen LogP contribution in [0.4, 0.5) is 0 Å². The summed E-state index contributed by atoms with van der Waals surface area (Å²) in [5.74, 6) is 2.55. The average Bonchev–Trinajstić information content (AvgIpc) is 2.83. The molecule has 3 saturated carbocycles. The number of Topliss-reactive ketones (excluding diaryl/α,β-unsaturated/α-hetero) is 1. The molecule has 5 atom stereocenters. The highest BCUT2D eigenvalue weighted by Crippen LogP contribution is 2.64. The third-order valence-corrected chi connectivity index (χ3v) is 8.31. The summed E-state index contributed by atoms with van der Waals surface area (Å²) in [7, 11) is 0. The molecule has 0 aliphatic heterocycles. The summed E-state index contributed by atoms with van der Waals surface area (Å²) < 4.78 is 0. The molecule has 2 nitrogen and oxygen atoms in total. The highest BCUT2D eigenvalue weighted by molar-refractivity contribution is 9.11. The van der Waals surface area contributed by atoms with Crippen LogP contribution in [0.3, 0.4) is 0 Å². The van der Waals surface area contributed by atoms with E-state index >= 15 is 0 Å². The van der Waals surface area contributed by atoms with Crippen molar-refractivity contribution in [1.82, 2.24) is 0 Å². The van der Waals surface area contributed by atoms with Crippen LogP contribution in [0.2, 0.25) is 0 Å². The second-order valence-electron chi connectivity index (χ2n) is 8.60. The van der Waals surface area contributed by atoms with Crippen LogP contribution in [0.5, 0.6) is 0 Å². The number of rotatable bonds is 0. The number of halogens is 1. The zero-order valence-electron chi connectivity index (χ0n) is 14.0. The van der Waals surface area contributed by atoms with E-state index < -0.39 is 0 Å². The largest absolute Gasteiger partial charge is 0.299 e. The van der Waals surface area contributed by atoms with Gasteiger partial charge in [0.1, 0.15) is 5.78 Å². The van der Waals surface area contributed by atoms with E-state index in [1.807, 2.05) is 11.1 Å². The van der Waals surface area contributed by atoms with E-state index in [0.717, 1.165) is 44.1 Å². The molecule has 4 rings (SSSR count). The Labute approximate surface area is 146 Å². The summed E-state index contributed by atoms with van der Waals surface area (Å²) in [6, 6.07) is 0. The fourth-order valence-electron chi connectivity index (χ4n) is 6.41. The van der Waals surface area contributed by atoms with Gasteiger partial charge in [-0.3, -0.25) is 9.59 Å². The number of fused-ring (bicyclic) bond motifs is 5. The molecule has 0 aromatic heterocycles. The molecule has 0 heterocycles. The number of allylic oxidation sites excluding steroid dienone is 2. The Bertz CT molecular complexity index is 646. The smallest absolute Gasteiger partial charge is 0.182 e. The molecule has 0 bridgehead atoms. The standard InChI is InChI=1S/C20H25BrO2/c1-19-8-7-16-14(15(19)5-6-18(19)23)4-3-13-9-17(22)12(11-21)10-20(13,16)2/h9,11,14-16H,3-8,10H2,1-2H3/t14-,15-,16-,19-,20-/m0/s1. The Morgan fingerprint density at radius 2 is 1.83 bits per heavy atom. The van der Waals surface area contributed by atoms with Crippen LogP contribution < -0.4 is 0 Å². The van der Waals surface area contributed by atoms with E-state index in [0.29, 0.717) is 23.5 Å². The van der Waals surface area contributed by atoms with Gasteiger partial charge in [-0.15, -0.1) is 0 Å². The summed E-state index contributed by atoms with van der Waals surface area (Å²) in [5.41, 5.74) is 2.34. The van der Waals surface area contributed by atoms with Crippen LogP contribution in [0, 0.1) is 28.6 Å². The average molecular weight is 377 g/mol. The number of carbonyl (C=O) groups is 2. The van der Waals surface area contributed by atoms with E-state index in [1.165, 1.54) is 12.0 Å². The minimum absolute atomic E-state index is 0.0582. The number of ketones is 2. The van der Waals surface area contributed by atoms with Crippen LogP contribution in [-0.4, -0.2) is 11.6 Å². The molecule has 23 heavy (non-hydrogen) atoms. The fraction of sp³-hybridized carbons (Fsp3) is 0.700. The van der Waals surface area contributed by atoms with E-state index in [2.05, 4.69) is 29.8 Å². The maximum Gasteiger partial charge on any atom is 0.182 e. The van der Waals surface area contributed by atoms with Gasteiger partial charge in [0.25, 0.3) is 0 Å². The topological polar surface area (TPSA) is 34.1 Å². The van der Waals surface area contributed by atoms with Crippen molar-refractivity contribution in [2.24, 2.45) is 28.6 Å². The normalized spacial score (nSPS) is 47.9. The monoisotopic (exact) mass is 376 g/mol. The lowest BCUT2D eigenvalue weighted by Crippen LogP contribution is -2.50. The molecule has 0 amide bonds. The van der Waals surface area contributed by atoms with Gasteiger partial charge in [0, 0.05) is 17.4 Å². The second kappa shape index (κ2) is 5.15. The van der Waals surface area contributed by atoms with Crippen molar-refractivity contribution in [3.8, 4) is 0 Å². The highest BCUT2D eigenvalue weighted by Gasteiger charge is 2.59. The third kappa shape index (κ3) is 2.04. The van der Waals surface area contributed by atoms with Gasteiger partial charge in [-0.1, -0.05) is 35.4 Å². The molecule has 0 spiro atoms. The lowest BCUT2D eigenvalue weighted by Gasteiger charge is -2.57. The summed E-state index contributed by atoms with van der Waals surface area (Å²) in [5, 5.41) is 0. The van der Waals surface area contributed by atoms with Crippen molar-refractivity contribution in [3.63, 3.8) is 0 Å². The molecule has 4 aliphatic carbocycles. The van der Waals surface area contributed by atoms with E-state index in [1.54, 1.807) is 0 Å². The van der Waals surface area contributed by atoms with Gasteiger partial charge in [-0.05, 0) is 72.8 Å². The SMILES string of the molecule is C[C@]12CC(=CBr)C(=O)C=C1CC[C@@H]1[C@@H]2CC[C@]2(C)C(=O)CC[C@@H]12. The predicted octanol–water partition coefficient (Wildman–Crippen LogP) is 4.98. The van der Waals surface area contributed by atoms with Crippen LogP contribution in [-0.2, 0) is 9.59 Å². The van der Waals surface area contributed by atoms with Gasteiger partial charge in [-0.2, -0.15) is 0 Å². The first-order valence-corrected chi connectivity index (χ1v) is 9.89. The Morgan fingerprint density at radius 1 is 1.09 bits per heavy atom. The van der Waals surface area contributed by atoms with E-state index in [-0.39, 0.29) is 16.6 Å². The number of hydrogen-bond donors (Lipinski definition) is 0. The summed E-state index contributed by atoms with van der Waals surface area (Å²) in [6.07, 6.45) is 9.05. The Hall–Kier alpha value is -0.700. The first-order chi connectivity index (χ1) is 10.9. The lowest BCUT2D eigenvalue weighted by molar-refractivity contribution is -0.132. The molecule has 124 valence electrons. The van der Waals surface area contributed by atoms with Crippen molar-refractivity contribution >= 4 is 27.5 Å². The quantitative estimate of drug-likeness (QED) is 0.558. The van der Waals surface area contributed by atoms with Gasteiger partial charge in [0.05, 0.1) is 0 Å². The van der Waals surface area contributed by atoms with Gasteiger partial charge in [0.2, 0.25) is 0 Å². The minimum Gasteiger partial charge on any atom is -0.299 e. The molecule has 0 N–H and O–H groups in total. The highest BCUT2D eigenvalue weighted by atomic mass is 79.9. The minimum atomic E-state index is -0.0582. The molecule has 0 aromatic rings. The molecular weight excluding hydrogens is 352 g/mol. The molecule has 3 heteroatoms. The van der Waals surface area contributed by atoms with Crippen LogP contribution >= 0.6 is 15.9 Å². The molecule has 0 radical (unpaired) electrons. The van der Waals surface area contributed by atoms with E-state index in [9.17, 15) is 9.59 Å². The lowest BCUT2D eigenvalue weighted by atomic mass is 9.47. The molecule has 0 unspecified atom stereocenters. The summed E-state index contributed by atoms with van der Waals surface area (Å²) in [4.78, 5) is 26.5. The predicted molar refractivity (Wildman–Crippen MR) is 94.1 cm³/mol. The van der Waals surface area contributed by atoms with Crippen LogP contribution in [0.25, 0.3) is 0 Å². The maximum atomic E-state index is 12.4. The number of carbonyl (C=O) groups excluding carboxylic acids is 2. The molecule has 0 aromatic carbocycles. The zero-order valence-corrected chi connectivity index (χ0v) is 15.6. The summed E-state index contributed by atoms with van der Waals surface area (Å²) >= 11 is 3.38. The molecular formula is C20H25BrO2. The van der Waals surface area contributed by atoms with Crippen molar-refractivity contribution in [3.05, 3.63) is 22.2 Å². The van der Waals surface area contributed by atoms with Crippen molar-refractivity contribution in [1.29, 1.82) is 0 Å². The number of hydrogen-bond acceptors (Lipinski definition) is 2. The fourth-order valence-corrected chi connectivity index (χ4v) is 6.79. The third-order valence-electron chi connectivity index (χ3n) is 7.76. The Kier molecular flexibility index (Phi) is 3.54. The summed E-state index contributed by atoms with van der Waals surface area (Å²) in [6.45, 7) is 4.60. The molecule has 3 fully saturated rings. The van der Waals surface area contributed by atoms with Gasteiger partial charge >= 0.3 is 0 Å². The zero-order chi connectivity index (χ0) is 16.4. The van der Waals surface area contributed by atoms with E-state index in [4.69, 9.17) is 0 Å². The molecule has 4 aliphatic rings. The maximum absolute atomic E-state index is 12.4. The van der Waals surface area contributed by atoms with Crippen molar-refractivity contribution in [2.75, 3.05) is 0 Å². The second-order valence-corrected chi connectivity index (χ2v) is 9.05. The first-order valence-electron chi connectivity index (χ1n) is 8.98. The molecule has 0 saturated heterocycles. The van der Waals surface area contributed by atoms with Gasteiger partial charge in [-0.25, -0.2) is 0 Å². The first kappa shape index (κ1) is 15.8. The van der Waals surface area contributed by atoms with Gasteiger partial charge < -0.3 is 0 Å². The van der Waals surface area contributed by atoms with Crippen molar-refractivity contribution in [2.45, 2.75) is 58.8 Å². The Balaban J connectivity index is 1.73. The van der Waals surface area contributed by atoms with Crippen LogP contribution in [0.15, 0.2) is 22.2 Å². The Morgan fingerprint density at radius 3 is 2.57 bits per heavy atom. The van der Waals surface area contributed by atoms with Crippen LogP contribution in [0.1, 0.15) is 58.8 Å².